The number of fused-ring (bicyclic) bond motifs is 5. The van der Waals surface area contributed by atoms with Crippen LogP contribution in [0.3, 0.4) is 0 Å². The number of halogens is 9. The van der Waals surface area contributed by atoms with Crippen molar-refractivity contribution < 1.29 is 44.3 Å². The molecule has 4 atom stereocenters. The van der Waals surface area contributed by atoms with Gasteiger partial charge in [0.1, 0.15) is 5.78 Å². The fraction of sp³-hybridized carbons (Fsp3) is 0.682. The molecule has 1 nitrogen and oxygen atoms in total. The molecule has 3 aliphatic carbocycles. The molecule has 0 saturated heterocycles. The first-order chi connectivity index (χ1) is 14.6. The molecule has 0 heterocycles. The van der Waals surface area contributed by atoms with Gasteiger partial charge in [-0.05, 0) is 67.1 Å². The molecule has 2 fully saturated rings. The first-order valence-corrected chi connectivity index (χ1v) is 10.4. The summed E-state index contributed by atoms with van der Waals surface area (Å²) in [5, 5.41) is 0. The molecule has 1 aromatic carbocycles. The Morgan fingerprint density at radius 3 is 2.16 bits per heavy atom. The second kappa shape index (κ2) is 6.88. The Kier molecular flexibility index (Phi) is 5.04. The summed E-state index contributed by atoms with van der Waals surface area (Å²) in [4.78, 5) is 12.4. The molecule has 3 aliphatic rings. The van der Waals surface area contributed by atoms with Gasteiger partial charge in [0.2, 0.25) is 0 Å². The summed E-state index contributed by atoms with van der Waals surface area (Å²) in [7, 11) is 0. The van der Waals surface area contributed by atoms with Gasteiger partial charge in [0.15, 0.2) is 0 Å². The minimum Gasteiger partial charge on any atom is -0.299 e. The van der Waals surface area contributed by atoms with Crippen molar-refractivity contribution in [2.75, 3.05) is 0 Å². The highest BCUT2D eigenvalue weighted by molar-refractivity contribution is 5.87. The topological polar surface area (TPSA) is 17.1 Å². The van der Waals surface area contributed by atoms with Crippen LogP contribution >= 0.6 is 0 Å². The van der Waals surface area contributed by atoms with E-state index >= 15 is 0 Å². The summed E-state index contributed by atoms with van der Waals surface area (Å²) >= 11 is 0. The van der Waals surface area contributed by atoms with Gasteiger partial charge in [-0.3, -0.25) is 4.79 Å². The number of benzene rings is 1. The van der Waals surface area contributed by atoms with E-state index in [9.17, 15) is 44.3 Å². The Balaban J connectivity index is 1.67. The second-order valence-electron chi connectivity index (χ2n) is 9.47. The summed E-state index contributed by atoms with van der Waals surface area (Å²) in [6, 6.07) is 2.31. The van der Waals surface area contributed by atoms with Gasteiger partial charge in [0.25, 0.3) is 0 Å². The van der Waals surface area contributed by atoms with Crippen LogP contribution in [0.25, 0.3) is 0 Å². The van der Waals surface area contributed by atoms with E-state index in [2.05, 4.69) is 0 Å². The van der Waals surface area contributed by atoms with E-state index in [0.717, 1.165) is 12.5 Å². The third kappa shape index (κ3) is 2.96. The summed E-state index contributed by atoms with van der Waals surface area (Å²) in [6.07, 6.45) is -3.74. The van der Waals surface area contributed by atoms with E-state index in [1.54, 1.807) is 0 Å². The molecule has 0 aromatic heterocycles. The number of hydrogen-bond acceptors (Lipinski definition) is 1. The molecule has 0 radical (unpaired) electrons. The lowest BCUT2D eigenvalue weighted by molar-refractivity contribution is -0.399. The molecule has 32 heavy (non-hydrogen) atoms. The van der Waals surface area contributed by atoms with Gasteiger partial charge in [-0.15, -0.1) is 0 Å². The largest absolute Gasteiger partial charge is 0.460 e. The first-order valence-electron chi connectivity index (χ1n) is 10.4. The van der Waals surface area contributed by atoms with Gasteiger partial charge in [0, 0.05) is 17.4 Å². The van der Waals surface area contributed by atoms with E-state index in [1.807, 2.05) is 6.92 Å². The lowest BCUT2D eigenvalue weighted by Gasteiger charge is -2.48. The van der Waals surface area contributed by atoms with Crippen LogP contribution in [0.1, 0.15) is 61.6 Å². The maximum absolute atomic E-state index is 14.4. The number of Topliss-reactive ketones (excluding diaryl/α,β-unsaturated/α-hetero) is 1. The van der Waals surface area contributed by atoms with E-state index in [0.29, 0.717) is 43.4 Å². The lowest BCUT2D eigenvalue weighted by Crippen LogP contribution is -2.59. The minimum absolute atomic E-state index is 0.0949. The Bertz CT molecular complexity index is 936. The molecule has 1 aromatic rings. The fourth-order valence-corrected chi connectivity index (χ4v) is 6.11. The standard InChI is InChI=1S/C22H21F9O/c1-18-9-8-14-13-5-3-12(19(23,24)20(25,26)21(27,28)22(29,30)31)10-11(13)2-4-15(14)16(18)6-7-17(18)32/h3,5,10,14-16H,2,4,6-9H2,1H3/t14-,15-,16+,18+/m1/s1. The molecule has 0 aliphatic heterocycles. The van der Waals surface area contributed by atoms with Gasteiger partial charge in [-0.25, -0.2) is 0 Å². The molecule has 0 spiro atoms. The van der Waals surface area contributed by atoms with Crippen molar-refractivity contribution >= 4 is 5.78 Å². The van der Waals surface area contributed by atoms with Crippen LogP contribution in [0.5, 0.6) is 0 Å². The van der Waals surface area contributed by atoms with Gasteiger partial charge in [0.05, 0.1) is 0 Å². The van der Waals surface area contributed by atoms with E-state index < -0.39 is 34.9 Å². The molecule has 0 bridgehead atoms. The molecular weight excluding hydrogens is 451 g/mol. The van der Waals surface area contributed by atoms with Crippen molar-refractivity contribution in [2.45, 2.75) is 75.3 Å². The van der Waals surface area contributed by atoms with Gasteiger partial charge in [-0.2, -0.15) is 39.5 Å². The molecule has 0 unspecified atom stereocenters. The minimum atomic E-state index is -6.91. The van der Waals surface area contributed by atoms with Gasteiger partial charge in [-0.1, -0.05) is 19.1 Å². The summed E-state index contributed by atoms with van der Waals surface area (Å²) < 4.78 is 120. The van der Waals surface area contributed by atoms with E-state index in [1.165, 1.54) is 0 Å². The number of ketones is 1. The molecule has 0 amide bonds. The number of hydrogen-bond donors (Lipinski definition) is 0. The van der Waals surface area contributed by atoms with Crippen molar-refractivity contribution in [1.82, 2.24) is 0 Å². The quantitative estimate of drug-likeness (QED) is 0.432. The highest BCUT2D eigenvalue weighted by Crippen LogP contribution is 2.60. The zero-order valence-electron chi connectivity index (χ0n) is 17.0. The Labute approximate surface area is 178 Å². The van der Waals surface area contributed by atoms with Crippen molar-refractivity contribution in [3.05, 3.63) is 34.9 Å². The Hall–Kier alpha value is -1.74. The molecular formula is C22H21F9O. The van der Waals surface area contributed by atoms with Crippen molar-refractivity contribution in [1.29, 1.82) is 0 Å². The van der Waals surface area contributed by atoms with Gasteiger partial charge < -0.3 is 0 Å². The molecule has 178 valence electrons. The first kappa shape index (κ1) is 23.4. The van der Waals surface area contributed by atoms with Gasteiger partial charge >= 0.3 is 23.9 Å². The molecule has 10 heteroatoms. The highest BCUT2D eigenvalue weighted by atomic mass is 19.4. The third-order valence-corrected chi connectivity index (χ3v) is 7.94. The predicted octanol–water partition coefficient (Wildman–Crippen LogP) is 7.04. The Morgan fingerprint density at radius 1 is 0.875 bits per heavy atom. The lowest BCUT2D eigenvalue weighted by atomic mass is 9.55. The number of carbonyl (C=O) groups is 1. The second-order valence-corrected chi connectivity index (χ2v) is 9.47. The predicted molar refractivity (Wildman–Crippen MR) is 95.9 cm³/mol. The van der Waals surface area contributed by atoms with Crippen molar-refractivity contribution in [2.24, 2.45) is 17.3 Å². The van der Waals surface area contributed by atoms with E-state index in [4.69, 9.17) is 0 Å². The van der Waals surface area contributed by atoms with Crippen LogP contribution in [-0.2, 0) is 17.1 Å². The van der Waals surface area contributed by atoms with Crippen LogP contribution in [0.4, 0.5) is 39.5 Å². The maximum Gasteiger partial charge on any atom is 0.460 e. The number of alkyl halides is 9. The van der Waals surface area contributed by atoms with Crippen molar-refractivity contribution in [3.63, 3.8) is 0 Å². The highest BCUT2D eigenvalue weighted by Gasteiger charge is 2.82. The fourth-order valence-electron chi connectivity index (χ4n) is 6.11. The zero-order valence-corrected chi connectivity index (χ0v) is 17.0. The monoisotopic (exact) mass is 472 g/mol. The summed E-state index contributed by atoms with van der Waals surface area (Å²) in [5.74, 6) is -19.0. The average molecular weight is 472 g/mol. The smallest absolute Gasteiger partial charge is 0.299 e. The summed E-state index contributed by atoms with van der Waals surface area (Å²) in [6.45, 7) is 1.94. The number of rotatable bonds is 3. The van der Waals surface area contributed by atoms with E-state index in [-0.39, 0.29) is 35.5 Å². The SMILES string of the molecule is C[C@]12CC[C@@H]3c4ccc(C(F)(F)C(F)(F)C(F)(F)C(F)(F)F)cc4CC[C@H]3[C@@H]1CCC2=O. The molecule has 2 saturated carbocycles. The van der Waals surface area contributed by atoms with Crippen LogP contribution in [0.15, 0.2) is 18.2 Å². The Morgan fingerprint density at radius 2 is 1.53 bits per heavy atom. The summed E-state index contributed by atoms with van der Waals surface area (Å²) in [5.41, 5.74) is -1.13. The number of carbonyl (C=O) groups excluding carboxylic acids is 1. The van der Waals surface area contributed by atoms with Crippen LogP contribution < -0.4 is 0 Å². The van der Waals surface area contributed by atoms with Crippen LogP contribution in [-0.4, -0.2) is 23.8 Å². The normalized spacial score (nSPS) is 31.2. The van der Waals surface area contributed by atoms with Crippen molar-refractivity contribution in [3.8, 4) is 0 Å². The number of aryl methyl sites for hydroxylation is 1. The third-order valence-electron chi connectivity index (χ3n) is 7.94. The maximum atomic E-state index is 14.4. The molecule has 4 rings (SSSR count). The van der Waals surface area contributed by atoms with Crippen LogP contribution in [0, 0.1) is 17.3 Å². The molecule has 0 N–H and O–H groups in total. The zero-order chi connectivity index (χ0) is 23.9. The average Bonchev–Trinajstić information content (AvgIpc) is 3.01. The van der Waals surface area contributed by atoms with Crippen LogP contribution in [0.2, 0.25) is 0 Å².